The Morgan fingerprint density at radius 1 is 1.64 bits per heavy atom. The van der Waals surface area contributed by atoms with Gasteiger partial charge in [0.1, 0.15) is 0 Å². The minimum absolute atomic E-state index is 0.284. The van der Waals surface area contributed by atoms with Crippen molar-refractivity contribution in [2.75, 3.05) is 6.61 Å². The van der Waals surface area contributed by atoms with Crippen LogP contribution in [0.2, 0.25) is 0 Å². The lowest BCUT2D eigenvalue weighted by molar-refractivity contribution is 0.0519. The molecule has 76 valence electrons. The summed E-state index contributed by atoms with van der Waals surface area (Å²) < 4.78 is 4.93. The summed E-state index contributed by atoms with van der Waals surface area (Å²) in [5.41, 5.74) is 0.513. The second-order valence-corrected chi connectivity index (χ2v) is 4.69. The van der Waals surface area contributed by atoms with Gasteiger partial charge < -0.3 is 4.74 Å². The van der Waals surface area contributed by atoms with Crippen molar-refractivity contribution >= 4 is 17.3 Å². The lowest BCUT2D eigenvalue weighted by atomic mass is 10.4. The molecule has 0 spiro atoms. The van der Waals surface area contributed by atoms with Gasteiger partial charge in [-0.25, -0.2) is 9.78 Å². The number of aromatic nitrogens is 1. The van der Waals surface area contributed by atoms with Crippen molar-refractivity contribution in [3.8, 4) is 0 Å². The van der Waals surface area contributed by atoms with Gasteiger partial charge in [-0.15, -0.1) is 11.3 Å². The number of esters is 1. The van der Waals surface area contributed by atoms with Crippen molar-refractivity contribution in [1.82, 2.24) is 4.98 Å². The average Bonchev–Trinajstić information content (AvgIpc) is 2.91. The SMILES string of the molecule is CCOC(=O)c1nc(C2CC2)sc1C. The van der Waals surface area contributed by atoms with E-state index < -0.39 is 0 Å². The smallest absolute Gasteiger partial charge is 0.358 e. The minimum atomic E-state index is -0.284. The van der Waals surface area contributed by atoms with Crippen LogP contribution in [-0.4, -0.2) is 17.6 Å². The molecule has 1 aromatic rings. The van der Waals surface area contributed by atoms with E-state index in [1.165, 1.54) is 12.8 Å². The molecule has 4 heteroatoms. The fraction of sp³-hybridized carbons (Fsp3) is 0.600. The van der Waals surface area contributed by atoms with E-state index in [0.717, 1.165) is 9.88 Å². The number of carbonyl (C=O) groups is 1. The average molecular weight is 211 g/mol. The topological polar surface area (TPSA) is 39.2 Å². The van der Waals surface area contributed by atoms with Crippen LogP contribution in [-0.2, 0) is 4.74 Å². The molecular formula is C10H13NO2S. The summed E-state index contributed by atoms with van der Waals surface area (Å²) in [5, 5.41) is 1.10. The lowest BCUT2D eigenvalue weighted by Gasteiger charge is -1.97. The van der Waals surface area contributed by atoms with E-state index >= 15 is 0 Å². The van der Waals surface area contributed by atoms with Crippen LogP contribution in [0.1, 0.15) is 46.1 Å². The minimum Gasteiger partial charge on any atom is -0.461 e. The molecule has 1 aliphatic rings. The van der Waals surface area contributed by atoms with Crippen molar-refractivity contribution < 1.29 is 9.53 Å². The Bertz CT molecular complexity index is 355. The largest absolute Gasteiger partial charge is 0.461 e. The molecule has 0 aliphatic heterocycles. The number of carbonyl (C=O) groups excluding carboxylic acids is 1. The quantitative estimate of drug-likeness (QED) is 0.721. The van der Waals surface area contributed by atoms with Crippen LogP contribution in [0.3, 0.4) is 0 Å². The molecule has 1 fully saturated rings. The second kappa shape index (κ2) is 3.69. The highest BCUT2D eigenvalue weighted by atomic mass is 32.1. The van der Waals surface area contributed by atoms with Crippen LogP contribution in [0.4, 0.5) is 0 Å². The number of rotatable bonds is 3. The normalized spacial score (nSPS) is 15.6. The van der Waals surface area contributed by atoms with Crippen molar-refractivity contribution in [1.29, 1.82) is 0 Å². The zero-order chi connectivity index (χ0) is 10.1. The van der Waals surface area contributed by atoms with Crippen molar-refractivity contribution in [2.45, 2.75) is 32.6 Å². The summed E-state index contributed by atoms with van der Waals surface area (Å²) in [5.74, 6) is 0.329. The van der Waals surface area contributed by atoms with Gasteiger partial charge in [0.2, 0.25) is 0 Å². The van der Waals surface area contributed by atoms with Gasteiger partial charge in [0.15, 0.2) is 5.69 Å². The van der Waals surface area contributed by atoms with Crippen LogP contribution in [0.15, 0.2) is 0 Å². The highest BCUT2D eigenvalue weighted by molar-refractivity contribution is 7.12. The summed E-state index contributed by atoms with van der Waals surface area (Å²) in [7, 11) is 0. The summed E-state index contributed by atoms with van der Waals surface area (Å²) in [6.07, 6.45) is 2.43. The molecule has 3 nitrogen and oxygen atoms in total. The van der Waals surface area contributed by atoms with E-state index in [1.54, 1.807) is 18.3 Å². The summed E-state index contributed by atoms with van der Waals surface area (Å²) in [6.45, 7) is 4.14. The van der Waals surface area contributed by atoms with E-state index in [2.05, 4.69) is 4.98 Å². The van der Waals surface area contributed by atoms with Gasteiger partial charge >= 0.3 is 5.97 Å². The van der Waals surface area contributed by atoms with E-state index in [9.17, 15) is 4.79 Å². The van der Waals surface area contributed by atoms with Gasteiger partial charge in [0, 0.05) is 10.8 Å². The third-order valence-electron chi connectivity index (χ3n) is 2.21. The fourth-order valence-corrected chi connectivity index (χ4v) is 2.39. The van der Waals surface area contributed by atoms with Gasteiger partial charge in [0.25, 0.3) is 0 Å². The summed E-state index contributed by atoms with van der Waals surface area (Å²) >= 11 is 1.63. The molecule has 14 heavy (non-hydrogen) atoms. The first kappa shape index (κ1) is 9.65. The molecule has 0 atom stereocenters. The third-order valence-corrected chi connectivity index (χ3v) is 3.34. The first-order valence-electron chi connectivity index (χ1n) is 4.86. The van der Waals surface area contributed by atoms with Crippen LogP contribution in [0.25, 0.3) is 0 Å². The second-order valence-electron chi connectivity index (χ2n) is 3.45. The van der Waals surface area contributed by atoms with E-state index in [-0.39, 0.29) is 5.97 Å². The number of nitrogens with zero attached hydrogens (tertiary/aromatic N) is 1. The zero-order valence-corrected chi connectivity index (χ0v) is 9.19. The zero-order valence-electron chi connectivity index (χ0n) is 8.37. The molecule has 0 amide bonds. The van der Waals surface area contributed by atoms with Gasteiger partial charge in [-0.3, -0.25) is 0 Å². The van der Waals surface area contributed by atoms with Crippen LogP contribution >= 0.6 is 11.3 Å². The molecule has 1 heterocycles. The highest BCUT2D eigenvalue weighted by Crippen LogP contribution is 2.42. The highest BCUT2D eigenvalue weighted by Gasteiger charge is 2.29. The number of thiazole rings is 1. The maximum absolute atomic E-state index is 11.4. The van der Waals surface area contributed by atoms with Gasteiger partial charge in [-0.2, -0.15) is 0 Å². The Kier molecular flexibility index (Phi) is 2.54. The Morgan fingerprint density at radius 3 is 2.93 bits per heavy atom. The lowest BCUT2D eigenvalue weighted by Crippen LogP contribution is -2.06. The number of hydrogen-bond acceptors (Lipinski definition) is 4. The summed E-state index contributed by atoms with van der Waals surface area (Å²) in [4.78, 5) is 16.8. The maximum Gasteiger partial charge on any atom is 0.358 e. The molecule has 0 saturated heterocycles. The predicted molar refractivity (Wildman–Crippen MR) is 54.8 cm³/mol. The molecule has 0 unspecified atom stereocenters. The van der Waals surface area contributed by atoms with E-state index in [4.69, 9.17) is 4.74 Å². The molecule has 0 radical (unpaired) electrons. The molecule has 0 bridgehead atoms. The van der Waals surface area contributed by atoms with Gasteiger partial charge in [0.05, 0.1) is 11.6 Å². The number of ether oxygens (including phenoxy) is 1. The van der Waals surface area contributed by atoms with Gasteiger partial charge in [-0.1, -0.05) is 0 Å². The molecule has 0 N–H and O–H groups in total. The molecule has 0 aromatic carbocycles. The van der Waals surface area contributed by atoms with Crippen molar-refractivity contribution in [3.05, 3.63) is 15.6 Å². The Morgan fingerprint density at radius 2 is 2.36 bits per heavy atom. The molecule has 2 rings (SSSR count). The Balaban J connectivity index is 2.19. The standard InChI is InChI=1S/C10H13NO2S/c1-3-13-10(12)8-6(2)14-9(11-8)7-4-5-7/h7H,3-5H2,1-2H3. The fourth-order valence-electron chi connectivity index (χ4n) is 1.31. The number of aryl methyl sites for hydroxylation is 1. The van der Waals surface area contributed by atoms with Crippen LogP contribution < -0.4 is 0 Å². The molecule has 1 aromatic heterocycles. The van der Waals surface area contributed by atoms with Crippen LogP contribution in [0, 0.1) is 6.92 Å². The van der Waals surface area contributed by atoms with E-state index in [0.29, 0.717) is 18.2 Å². The number of hydrogen-bond donors (Lipinski definition) is 0. The predicted octanol–water partition coefficient (Wildman–Crippen LogP) is 2.51. The molecular weight excluding hydrogens is 198 g/mol. The summed E-state index contributed by atoms with van der Waals surface area (Å²) in [6, 6.07) is 0. The Hall–Kier alpha value is -0.900. The Labute approximate surface area is 87.1 Å². The van der Waals surface area contributed by atoms with Crippen molar-refractivity contribution in [3.63, 3.8) is 0 Å². The van der Waals surface area contributed by atoms with Crippen LogP contribution in [0.5, 0.6) is 0 Å². The maximum atomic E-state index is 11.4. The first-order chi connectivity index (χ1) is 6.72. The van der Waals surface area contributed by atoms with Crippen molar-refractivity contribution in [2.24, 2.45) is 0 Å². The molecule has 1 aliphatic carbocycles. The van der Waals surface area contributed by atoms with E-state index in [1.807, 2.05) is 6.92 Å². The third kappa shape index (κ3) is 1.80. The molecule has 1 saturated carbocycles. The first-order valence-corrected chi connectivity index (χ1v) is 5.68. The van der Waals surface area contributed by atoms with Gasteiger partial charge in [-0.05, 0) is 26.7 Å². The monoisotopic (exact) mass is 211 g/mol.